The van der Waals surface area contributed by atoms with Gasteiger partial charge in [-0.25, -0.2) is 0 Å². The topological polar surface area (TPSA) is 15.3 Å². The molecule has 1 saturated heterocycles. The van der Waals surface area contributed by atoms with E-state index in [0.717, 1.165) is 18.7 Å². The van der Waals surface area contributed by atoms with Gasteiger partial charge in [-0.05, 0) is 57.1 Å². The highest BCUT2D eigenvalue weighted by Crippen LogP contribution is 2.22. The number of nitrogens with zero attached hydrogens (tertiary/aromatic N) is 1. The number of halogens is 2. The quantitative estimate of drug-likeness (QED) is 0.819. The third-order valence-corrected chi connectivity index (χ3v) is 3.48. The Kier molecular flexibility index (Phi) is 4.96. The molecule has 2 rings (SSSR count). The van der Waals surface area contributed by atoms with Gasteiger partial charge in [-0.3, -0.25) is 0 Å². The second-order valence-corrected chi connectivity index (χ2v) is 5.36. The summed E-state index contributed by atoms with van der Waals surface area (Å²) in [6.07, 6.45) is 3.87. The Bertz CT molecular complexity index is 342. The number of anilines is 1. The van der Waals surface area contributed by atoms with E-state index in [1.165, 1.54) is 32.5 Å². The first-order valence-electron chi connectivity index (χ1n) is 6.16. The molecule has 1 N–H and O–H groups in total. The molecule has 0 spiro atoms. The van der Waals surface area contributed by atoms with Crippen LogP contribution >= 0.6 is 23.2 Å². The van der Waals surface area contributed by atoms with Crippen LogP contribution in [0.25, 0.3) is 0 Å². The normalized spacial score (nSPS) is 16.4. The van der Waals surface area contributed by atoms with E-state index < -0.39 is 0 Å². The number of nitrogens with one attached hydrogen (secondary N) is 1. The van der Waals surface area contributed by atoms with Crippen molar-refractivity contribution in [3.8, 4) is 0 Å². The van der Waals surface area contributed by atoms with Gasteiger partial charge in [0.1, 0.15) is 0 Å². The maximum atomic E-state index is 5.93. The lowest BCUT2D eigenvalue weighted by Crippen LogP contribution is -2.22. The van der Waals surface area contributed by atoms with Crippen molar-refractivity contribution in [2.45, 2.75) is 19.3 Å². The fraction of sp³-hybridized carbons (Fsp3) is 0.538. The number of likely N-dealkylation sites (tertiary alicyclic amines) is 1. The minimum Gasteiger partial charge on any atom is -0.385 e. The SMILES string of the molecule is Clc1cc(Cl)cc(NCCCN2CCCC2)c1. The summed E-state index contributed by atoms with van der Waals surface area (Å²) in [6, 6.07) is 5.56. The molecule has 1 aromatic carbocycles. The third-order valence-electron chi connectivity index (χ3n) is 3.04. The zero-order valence-electron chi connectivity index (χ0n) is 9.88. The van der Waals surface area contributed by atoms with Crippen LogP contribution in [-0.2, 0) is 0 Å². The molecule has 0 unspecified atom stereocenters. The highest BCUT2D eigenvalue weighted by Gasteiger charge is 2.09. The monoisotopic (exact) mass is 272 g/mol. The second kappa shape index (κ2) is 6.48. The van der Waals surface area contributed by atoms with Gasteiger partial charge in [0.15, 0.2) is 0 Å². The van der Waals surface area contributed by atoms with Crippen LogP contribution in [0.15, 0.2) is 18.2 Å². The lowest BCUT2D eigenvalue weighted by Gasteiger charge is -2.14. The summed E-state index contributed by atoms with van der Waals surface area (Å²) in [5.41, 5.74) is 1.00. The Hall–Kier alpha value is -0.440. The molecule has 1 heterocycles. The summed E-state index contributed by atoms with van der Waals surface area (Å²) in [4.78, 5) is 2.52. The van der Waals surface area contributed by atoms with Gasteiger partial charge in [-0.15, -0.1) is 0 Å². The van der Waals surface area contributed by atoms with E-state index in [1.54, 1.807) is 6.07 Å². The van der Waals surface area contributed by atoms with E-state index in [0.29, 0.717) is 10.0 Å². The van der Waals surface area contributed by atoms with Crippen molar-refractivity contribution in [1.29, 1.82) is 0 Å². The predicted octanol–water partition coefficient (Wildman–Crippen LogP) is 3.89. The van der Waals surface area contributed by atoms with E-state index in [1.807, 2.05) is 12.1 Å². The molecule has 1 aromatic rings. The minimum atomic E-state index is 0.680. The summed E-state index contributed by atoms with van der Waals surface area (Å²) in [7, 11) is 0. The first-order chi connectivity index (χ1) is 8.24. The maximum absolute atomic E-state index is 5.93. The van der Waals surface area contributed by atoms with Crippen molar-refractivity contribution in [1.82, 2.24) is 4.90 Å². The van der Waals surface area contributed by atoms with E-state index in [-0.39, 0.29) is 0 Å². The summed E-state index contributed by atoms with van der Waals surface area (Å²) < 4.78 is 0. The Morgan fingerprint density at radius 1 is 1.06 bits per heavy atom. The van der Waals surface area contributed by atoms with Crippen molar-refractivity contribution in [3.05, 3.63) is 28.2 Å². The van der Waals surface area contributed by atoms with Gasteiger partial charge in [0.2, 0.25) is 0 Å². The van der Waals surface area contributed by atoms with Crippen molar-refractivity contribution in [3.63, 3.8) is 0 Å². The van der Waals surface area contributed by atoms with Crippen LogP contribution in [0.5, 0.6) is 0 Å². The fourth-order valence-electron chi connectivity index (χ4n) is 2.20. The summed E-state index contributed by atoms with van der Waals surface area (Å²) in [5, 5.41) is 4.71. The molecule has 2 nitrogen and oxygen atoms in total. The van der Waals surface area contributed by atoms with Crippen molar-refractivity contribution >= 4 is 28.9 Å². The second-order valence-electron chi connectivity index (χ2n) is 4.49. The van der Waals surface area contributed by atoms with Crippen LogP contribution in [0, 0.1) is 0 Å². The third kappa shape index (κ3) is 4.38. The molecule has 0 saturated carbocycles. The Labute approximate surface area is 113 Å². The van der Waals surface area contributed by atoms with E-state index in [2.05, 4.69) is 10.2 Å². The average molecular weight is 273 g/mol. The molecule has 0 radical (unpaired) electrons. The molecule has 0 amide bonds. The van der Waals surface area contributed by atoms with Gasteiger partial charge in [0.05, 0.1) is 0 Å². The molecule has 0 atom stereocenters. The Balaban J connectivity index is 1.70. The molecular weight excluding hydrogens is 255 g/mol. The van der Waals surface area contributed by atoms with Crippen LogP contribution in [-0.4, -0.2) is 31.1 Å². The smallest absolute Gasteiger partial charge is 0.0441 e. The number of benzene rings is 1. The molecule has 1 fully saturated rings. The number of hydrogen-bond donors (Lipinski definition) is 1. The van der Waals surface area contributed by atoms with Crippen LogP contribution in [0.4, 0.5) is 5.69 Å². The molecule has 0 aliphatic carbocycles. The van der Waals surface area contributed by atoms with Crippen molar-refractivity contribution < 1.29 is 0 Å². The zero-order chi connectivity index (χ0) is 12.1. The van der Waals surface area contributed by atoms with Crippen LogP contribution in [0.2, 0.25) is 10.0 Å². The van der Waals surface area contributed by atoms with Gasteiger partial charge in [0.25, 0.3) is 0 Å². The Morgan fingerprint density at radius 3 is 2.35 bits per heavy atom. The summed E-state index contributed by atoms with van der Waals surface area (Å²) in [5.74, 6) is 0. The number of rotatable bonds is 5. The minimum absolute atomic E-state index is 0.680. The highest BCUT2D eigenvalue weighted by atomic mass is 35.5. The van der Waals surface area contributed by atoms with Gasteiger partial charge < -0.3 is 10.2 Å². The molecule has 1 aliphatic heterocycles. The molecule has 1 aliphatic rings. The van der Waals surface area contributed by atoms with Crippen LogP contribution in [0.1, 0.15) is 19.3 Å². The summed E-state index contributed by atoms with van der Waals surface area (Å²) in [6.45, 7) is 4.68. The van der Waals surface area contributed by atoms with E-state index in [4.69, 9.17) is 23.2 Å². The zero-order valence-corrected chi connectivity index (χ0v) is 11.4. The number of hydrogen-bond acceptors (Lipinski definition) is 2. The largest absolute Gasteiger partial charge is 0.385 e. The maximum Gasteiger partial charge on any atom is 0.0441 e. The first-order valence-corrected chi connectivity index (χ1v) is 6.92. The van der Waals surface area contributed by atoms with E-state index >= 15 is 0 Å². The highest BCUT2D eigenvalue weighted by molar-refractivity contribution is 6.35. The van der Waals surface area contributed by atoms with Gasteiger partial charge in [-0.1, -0.05) is 23.2 Å². The first kappa shape index (κ1) is 13.0. The molecule has 94 valence electrons. The van der Waals surface area contributed by atoms with Gasteiger partial charge >= 0.3 is 0 Å². The fourth-order valence-corrected chi connectivity index (χ4v) is 2.72. The molecule has 0 aromatic heterocycles. The molecule has 0 bridgehead atoms. The van der Waals surface area contributed by atoms with Crippen molar-refractivity contribution in [2.24, 2.45) is 0 Å². The summed E-state index contributed by atoms with van der Waals surface area (Å²) >= 11 is 11.9. The average Bonchev–Trinajstić information content (AvgIpc) is 2.76. The van der Waals surface area contributed by atoms with Crippen LogP contribution < -0.4 is 5.32 Å². The molecule has 17 heavy (non-hydrogen) atoms. The molecule has 4 heteroatoms. The predicted molar refractivity (Wildman–Crippen MR) is 75.2 cm³/mol. The Morgan fingerprint density at radius 2 is 1.71 bits per heavy atom. The lowest BCUT2D eigenvalue weighted by molar-refractivity contribution is 0.337. The standard InChI is InChI=1S/C13H18Cl2N2/c14-11-8-12(15)10-13(9-11)16-4-3-7-17-5-1-2-6-17/h8-10,16H,1-7H2. The van der Waals surface area contributed by atoms with Crippen molar-refractivity contribution in [2.75, 3.05) is 31.5 Å². The van der Waals surface area contributed by atoms with E-state index in [9.17, 15) is 0 Å². The van der Waals surface area contributed by atoms with Crippen LogP contribution in [0.3, 0.4) is 0 Å². The lowest BCUT2D eigenvalue weighted by atomic mass is 10.3. The molecular formula is C13H18Cl2N2. The van der Waals surface area contributed by atoms with Gasteiger partial charge in [-0.2, -0.15) is 0 Å². The van der Waals surface area contributed by atoms with Gasteiger partial charge in [0, 0.05) is 22.3 Å².